The van der Waals surface area contributed by atoms with Gasteiger partial charge in [-0.25, -0.2) is 0 Å². The molecule has 1 rings (SSSR count). The highest BCUT2D eigenvalue weighted by molar-refractivity contribution is 7.08. The molecule has 0 fully saturated rings. The zero-order chi connectivity index (χ0) is 8.97. The third kappa shape index (κ3) is 2.31. The van der Waals surface area contributed by atoms with Gasteiger partial charge in [-0.2, -0.15) is 11.3 Å². The van der Waals surface area contributed by atoms with Crippen molar-refractivity contribution in [2.45, 2.75) is 20.3 Å². The van der Waals surface area contributed by atoms with Gasteiger partial charge in [0.2, 0.25) is 0 Å². The molecule has 0 aromatic carbocycles. The van der Waals surface area contributed by atoms with Crippen molar-refractivity contribution in [3.63, 3.8) is 0 Å². The van der Waals surface area contributed by atoms with E-state index in [0.29, 0.717) is 6.42 Å². The Morgan fingerprint density at radius 1 is 1.67 bits per heavy atom. The Hall–Kier alpha value is -0.890. The highest BCUT2D eigenvalue weighted by Gasteiger charge is 2.00. The second-order valence-corrected chi connectivity index (χ2v) is 3.44. The van der Waals surface area contributed by atoms with Crippen LogP contribution in [0.5, 0.6) is 0 Å². The van der Waals surface area contributed by atoms with Gasteiger partial charge in [-0.05, 0) is 41.0 Å². The van der Waals surface area contributed by atoms with Gasteiger partial charge in [-0.15, -0.1) is 0 Å². The first kappa shape index (κ1) is 9.20. The Morgan fingerprint density at radius 2 is 2.42 bits per heavy atom. The molecule has 2 heteroatoms. The van der Waals surface area contributed by atoms with Crippen LogP contribution in [0.4, 0.5) is 0 Å². The van der Waals surface area contributed by atoms with E-state index in [0.717, 1.165) is 11.1 Å². The van der Waals surface area contributed by atoms with Crippen LogP contribution in [-0.2, 0) is 4.79 Å². The molecule has 0 atom stereocenters. The third-order valence-electron chi connectivity index (χ3n) is 1.69. The lowest BCUT2D eigenvalue weighted by molar-refractivity contribution is -0.115. The maximum atomic E-state index is 11.2. The van der Waals surface area contributed by atoms with E-state index < -0.39 is 0 Å². The largest absolute Gasteiger partial charge is 0.295 e. The third-order valence-corrected chi connectivity index (χ3v) is 2.39. The van der Waals surface area contributed by atoms with Crippen LogP contribution in [0.25, 0.3) is 6.08 Å². The number of Topliss-reactive ketones (excluding diaryl/α,β-unsaturated/α-hetero) is 1. The van der Waals surface area contributed by atoms with Gasteiger partial charge >= 0.3 is 0 Å². The van der Waals surface area contributed by atoms with Gasteiger partial charge in [-0.3, -0.25) is 4.79 Å². The van der Waals surface area contributed by atoms with E-state index in [1.807, 2.05) is 36.7 Å². The normalized spacial score (nSPS) is 11.7. The van der Waals surface area contributed by atoms with E-state index in [9.17, 15) is 4.79 Å². The molecule has 0 spiro atoms. The number of thiophene rings is 1. The second-order valence-electron chi connectivity index (χ2n) is 2.66. The average Bonchev–Trinajstić information content (AvgIpc) is 2.55. The number of ketones is 1. The van der Waals surface area contributed by atoms with Gasteiger partial charge in [0.15, 0.2) is 5.78 Å². The Labute approximate surface area is 76.7 Å². The first-order chi connectivity index (χ1) is 5.74. The molecule has 0 aliphatic carbocycles. The summed E-state index contributed by atoms with van der Waals surface area (Å²) in [5.41, 5.74) is 1.97. The van der Waals surface area contributed by atoms with Gasteiger partial charge in [0, 0.05) is 6.42 Å². The SMILES string of the molecule is CCC(=O)/C(C)=C/c1ccsc1. The summed E-state index contributed by atoms with van der Waals surface area (Å²) in [6, 6.07) is 2.01. The van der Waals surface area contributed by atoms with Crippen LogP contribution in [0, 0.1) is 0 Å². The van der Waals surface area contributed by atoms with Crippen LogP contribution in [-0.4, -0.2) is 5.78 Å². The van der Waals surface area contributed by atoms with Crippen LogP contribution in [0.3, 0.4) is 0 Å². The summed E-state index contributed by atoms with van der Waals surface area (Å²) >= 11 is 1.65. The molecular weight excluding hydrogens is 168 g/mol. The van der Waals surface area contributed by atoms with Crippen molar-refractivity contribution in [2.75, 3.05) is 0 Å². The summed E-state index contributed by atoms with van der Waals surface area (Å²) < 4.78 is 0. The second kappa shape index (κ2) is 4.21. The van der Waals surface area contributed by atoms with Gasteiger partial charge < -0.3 is 0 Å². The number of rotatable bonds is 3. The number of carbonyl (C=O) groups excluding carboxylic acids is 1. The predicted molar refractivity (Wildman–Crippen MR) is 53.3 cm³/mol. The standard InChI is InChI=1S/C10H12OS/c1-3-10(11)8(2)6-9-4-5-12-7-9/h4-7H,3H2,1-2H3/b8-6+. The molecule has 0 saturated carbocycles. The van der Waals surface area contributed by atoms with Crippen molar-refractivity contribution in [1.82, 2.24) is 0 Å². The molecular formula is C10H12OS. The van der Waals surface area contributed by atoms with Gasteiger partial charge in [0.05, 0.1) is 0 Å². The van der Waals surface area contributed by atoms with Crippen molar-refractivity contribution < 1.29 is 4.79 Å². The van der Waals surface area contributed by atoms with E-state index in [2.05, 4.69) is 0 Å². The first-order valence-electron chi connectivity index (χ1n) is 3.97. The zero-order valence-electron chi connectivity index (χ0n) is 7.33. The molecule has 0 bridgehead atoms. The Morgan fingerprint density at radius 3 is 2.92 bits per heavy atom. The lowest BCUT2D eigenvalue weighted by Gasteiger charge is -1.94. The zero-order valence-corrected chi connectivity index (χ0v) is 8.15. The summed E-state index contributed by atoms with van der Waals surface area (Å²) in [5, 5.41) is 4.04. The van der Waals surface area contributed by atoms with Gasteiger partial charge in [0.1, 0.15) is 0 Å². The molecule has 0 aliphatic heterocycles. The van der Waals surface area contributed by atoms with Crippen LogP contribution in [0.15, 0.2) is 22.4 Å². The quantitative estimate of drug-likeness (QED) is 0.653. The molecule has 64 valence electrons. The minimum atomic E-state index is 0.223. The molecule has 0 radical (unpaired) electrons. The molecule has 0 N–H and O–H groups in total. The Kier molecular flexibility index (Phi) is 3.23. The summed E-state index contributed by atoms with van der Waals surface area (Å²) in [4.78, 5) is 11.2. The lowest BCUT2D eigenvalue weighted by atomic mass is 10.1. The summed E-state index contributed by atoms with van der Waals surface area (Å²) in [7, 11) is 0. The van der Waals surface area contributed by atoms with Crippen molar-refractivity contribution in [3.05, 3.63) is 28.0 Å². The molecule has 12 heavy (non-hydrogen) atoms. The fourth-order valence-corrected chi connectivity index (χ4v) is 1.58. The topological polar surface area (TPSA) is 17.1 Å². The fraction of sp³-hybridized carbons (Fsp3) is 0.300. The predicted octanol–water partition coefficient (Wildman–Crippen LogP) is 3.13. The highest BCUT2D eigenvalue weighted by atomic mass is 32.1. The van der Waals surface area contributed by atoms with Gasteiger partial charge in [-0.1, -0.05) is 6.92 Å². The van der Waals surface area contributed by atoms with E-state index in [1.165, 1.54) is 0 Å². The van der Waals surface area contributed by atoms with Crippen molar-refractivity contribution >= 4 is 23.2 Å². The Bertz CT molecular complexity index is 283. The minimum absolute atomic E-state index is 0.223. The van der Waals surface area contributed by atoms with E-state index in [-0.39, 0.29) is 5.78 Å². The number of allylic oxidation sites excluding steroid dienone is 1. The average molecular weight is 180 g/mol. The van der Waals surface area contributed by atoms with Gasteiger partial charge in [0.25, 0.3) is 0 Å². The van der Waals surface area contributed by atoms with E-state index >= 15 is 0 Å². The molecule has 1 nitrogen and oxygen atoms in total. The Balaban J connectivity index is 2.76. The molecule has 0 aliphatic rings. The summed E-state index contributed by atoms with van der Waals surface area (Å²) in [6.45, 7) is 3.75. The molecule has 0 unspecified atom stereocenters. The van der Waals surface area contributed by atoms with Crippen LogP contribution < -0.4 is 0 Å². The number of carbonyl (C=O) groups is 1. The number of hydrogen-bond acceptors (Lipinski definition) is 2. The minimum Gasteiger partial charge on any atom is -0.295 e. The van der Waals surface area contributed by atoms with Crippen LogP contribution in [0.2, 0.25) is 0 Å². The lowest BCUT2D eigenvalue weighted by Crippen LogP contribution is -1.95. The van der Waals surface area contributed by atoms with Crippen molar-refractivity contribution in [1.29, 1.82) is 0 Å². The van der Waals surface area contributed by atoms with E-state index in [4.69, 9.17) is 0 Å². The molecule has 1 aromatic rings. The van der Waals surface area contributed by atoms with Crippen molar-refractivity contribution in [2.24, 2.45) is 0 Å². The number of hydrogen-bond donors (Lipinski definition) is 0. The molecule has 1 heterocycles. The maximum Gasteiger partial charge on any atom is 0.158 e. The maximum absolute atomic E-state index is 11.2. The summed E-state index contributed by atoms with van der Waals surface area (Å²) in [5.74, 6) is 0.223. The molecule has 1 aromatic heterocycles. The van der Waals surface area contributed by atoms with Crippen LogP contribution in [0.1, 0.15) is 25.8 Å². The highest BCUT2D eigenvalue weighted by Crippen LogP contribution is 2.11. The molecule has 0 saturated heterocycles. The van der Waals surface area contributed by atoms with Crippen molar-refractivity contribution in [3.8, 4) is 0 Å². The monoisotopic (exact) mass is 180 g/mol. The smallest absolute Gasteiger partial charge is 0.158 e. The summed E-state index contributed by atoms with van der Waals surface area (Å²) in [6.07, 6.45) is 2.52. The first-order valence-corrected chi connectivity index (χ1v) is 4.92. The van der Waals surface area contributed by atoms with E-state index in [1.54, 1.807) is 11.3 Å². The molecule has 0 amide bonds. The van der Waals surface area contributed by atoms with Crippen LogP contribution >= 0.6 is 11.3 Å². The fourth-order valence-electron chi connectivity index (χ4n) is 0.966.